The van der Waals surface area contributed by atoms with Gasteiger partial charge in [0.25, 0.3) is 0 Å². The van der Waals surface area contributed by atoms with Gasteiger partial charge in [-0.1, -0.05) is 26.7 Å². The van der Waals surface area contributed by atoms with Crippen LogP contribution in [0.15, 0.2) is 17.2 Å². The maximum atomic E-state index is 11.7. The fourth-order valence-corrected chi connectivity index (χ4v) is 1.49. The van der Waals surface area contributed by atoms with Gasteiger partial charge in [0.1, 0.15) is 0 Å². The highest BCUT2D eigenvalue weighted by Crippen LogP contribution is 1.99. The Labute approximate surface area is 79.0 Å². The summed E-state index contributed by atoms with van der Waals surface area (Å²) in [6.07, 6.45) is 7.47. The minimum absolute atomic E-state index is 0.238. The largest absolute Gasteiger partial charge is 0.367 e. The molecule has 0 spiro atoms. The van der Waals surface area contributed by atoms with Crippen molar-refractivity contribution in [3.05, 3.63) is 33.7 Å². The van der Waals surface area contributed by atoms with Gasteiger partial charge in [-0.05, 0) is 12.8 Å². The summed E-state index contributed by atoms with van der Waals surface area (Å²) < 4.78 is 0. The van der Waals surface area contributed by atoms with Crippen LogP contribution >= 0.6 is 0 Å². The average molecular weight is 179 g/mol. The van der Waals surface area contributed by atoms with Crippen LogP contribution in [0.3, 0.4) is 0 Å². The molecule has 0 amide bonds. The van der Waals surface area contributed by atoms with Crippen LogP contribution in [0, 0.1) is 0 Å². The molecule has 13 heavy (non-hydrogen) atoms. The lowest BCUT2D eigenvalue weighted by molar-refractivity contribution is 0.867. The Morgan fingerprint density at radius 3 is 1.92 bits per heavy atom. The normalized spacial score (nSPS) is 10.3. The van der Waals surface area contributed by atoms with E-state index < -0.39 is 0 Å². The van der Waals surface area contributed by atoms with Gasteiger partial charge in [0.2, 0.25) is 0 Å². The zero-order valence-corrected chi connectivity index (χ0v) is 8.39. The topological polar surface area (TPSA) is 32.9 Å². The van der Waals surface area contributed by atoms with Crippen LogP contribution in [-0.4, -0.2) is 4.98 Å². The fourth-order valence-electron chi connectivity index (χ4n) is 1.49. The van der Waals surface area contributed by atoms with Gasteiger partial charge in [-0.2, -0.15) is 0 Å². The minimum Gasteiger partial charge on any atom is -0.367 e. The molecule has 0 atom stereocenters. The molecule has 0 unspecified atom stereocenters. The first-order valence-electron chi connectivity index (χ1n) is 4.98. The van der Waals surface area contributed by atoms with E-state index in [0.29, 0.717) is 0 Å². The summed E-state index contributed by atoms with van der Waals surface area (Å²) in [5.41, 5.74) is 2.09. The predicted molar refractivity (Wildman–Crippen MR) is 55.1 cm³/mol. The second-order valence-electron chi connectivity index (χ2n) is 3.33. The number of hydrogen-bond donors (Lipinski definition) is 1. The molecule has 0 radical (unpaired) electrons. The molecule has 0 saturated heterocycles. The van der Waals surface area contributed by atoms with Crippen LogP contribution in [0.1, 0.15) is 37.8 Å². The molecule has 72 valence electrons. The summed E-state index contributed by atoms with van der Waals surface area (Å²) in [6, 6.07) is 0. The van der Waals surface area contributed by atoms with Crippen molar-refractivity contribution in [3.63, 3.8) is 0 Å². The number of hydrogen-bond acceptors (Lipinski definition) is 1. The Kier molecular flexibility index (Phi) is 3.74. The van der Waals surface area contributed by atoms with E-state index >= 15 is 0 Å². The summed E-state index contributed by atoms with van der Waals surface area (Å²) in [5, 5.41) is 0. The zero-order valence-electron chi connectivity index (χ0n) is 8.39. The summed E-state index contributed by atoms with van der Waals surface area (Å²) in [6.45, 7) is 4.18. The Bertz CT molecular complexity index is 287. The molecule has 1 N–H and O–H groups in total. The highest BCUT2D eigenvalue weighted by Gasteiger charge is 2.02. The SMILES string of the molecule is CCCc1c[nH]cc(CCC)c1=O. The molecule has 1 rings (SSSR count). The van der Waals surface area contributed by atoms with Gasteiger partial charge in [-0.3, -0.25) is 4.79 Å². The van der Waals surface area contributed by atoms with Crippen LogP contribution < -0.4 is 5.43 Å². The number of aryl methyl sites for hydroxylation is 2. The van der Waals surface area contributed by atoms with Gasteiger partial charge in [0.15, 0.2) is 5.43 Å². The molecule has 2 heteroatoms. The van der Waals surface area contributed by atoms with E-state index in [1.54, 1.807) is 0 Å². The van der Waals surface area contributed by atoms with Crippen LogP contribution in [0.5, 0.6) is 0 Å². The van der Waals surface area contributed by atoms with Crippen molar-refractivity contribution in [2.75, 3.05) is 0 Å². The first-order chi connectivity index (χ1) is 6.29. The molecule has 1 aromatic rings. The Morgan fingerprint density at radius 2 is 1.54 bits per heavy atom. The molecule has 0 saturated carbocycles. The van der Waals surface area contributed by atoms with E-state index in [-0.39, 0.29) is 5.43 Å². The summed E-state index contributed by atoms with van der Waals surface area (Å²) in [7, 11) is 0. The van der Waals surface area contributed by atoms with E-state index in [0.717, 1.165) is 36.8 Å². The molecule has 1 heterocycles. The molecule has 1 aromatic heterocycles. The third-order valence-electron chi connectivity index (χ3n) is 2.14. The summed E-state index contributed by atoms with van der Waals surface area (Å²) in [4.78, 5) is 14.8. The molecule has 2 nitrogen and oxygen atoms in total. The van der Waals surface area contributed by atoms with Crippen LogP contribution in [0.4, 0.5) is 0 Å². The quantitative estimate of drug-likeness (QED) is 0.755. The standard InChI is InChI=1S/C11H17NO/c1-3-5-9-7-12-8-10(6-4-2)11(9)13/h7-8H,3-6H2,1-2H3,(H,12,13). The number of aromatic amines is 1. The molecular weight excluding hydrogens is 162 g/mol. The molecule has 0 aromatic carbocycles. The van der Waals surface area contributed by atoms with Gasteiger partial charge in [-0.25, -0.2) is 0 Å². The second kappa shape index (κ2) is 4.85. The number of H-pyrrole nitrogens is 1. The Morgan fingerprint density at radius 1 is 1.08 bits per heavy atom. The molecule has 0 bridgehead atoms. The molecule has 0 aliphatic heterocycles. The lowest BCUT2D eigenvalue weighted by atomic mass is 10.1. The van der Waals surface area contributed by atoms with Crippen LogP contribution in [0.2, 0.25) is 0 Å². The van der Waals surface area contributed by atoms with Crippen molar-refractivity contribution < 1.29 is 0 Å². The maximum absolute atomic E-state index is 11.7. The molecular formula is C11H17NO. The van der Waals surface area contributed by atoms with Gasteiger partial charge >= 0.3 is 0 Å². The first kappa shape index (κ1) is 10.0. The van der Waals surface area contributed by atoms with Crippen molar-refractivity contribution in [3.8, 4) is 0 Å². The van der Waals surface area contributed by atoms with Crippen molar-refractivity contribution in [2.24, 2.45) is 0 Å². The minimum atomic E-state index is 0.238. The molecule has 0 aliphatic rings. The average Bonchev–Trinajstić information content (AvgIpc) is 2.13. The Hall–Kier alpha value is -1.05. The molecule has 0 fully saturated rings. The number of nitrogens with one attached hydrogen (secondary N) is 1. The van der Waals surface area contributed by atoms with Gasteiger partial charge in [-0.15, -0.1) is 0 Å². The predicted octanol–water partition coefficient (Wildman–Crippen LogP) is 2.28. The highest BCUT2D eigenvalue weighted by molar-refractivity contribution is 5.18. The smallest absolute Gasteiger partial charge is 0.187 e. The van der Waals surface area contributed by atoms with E-state index in [9.17, 15) is 4.79 Å². The highest BCUT2D eigenvalue weighted by atomic mass is 16.1. The molecule has 0 aliphatic carbocycles. The van der Waals surface area contributed by atoms with Gasteiger partial charge in [0, 0.05) is 23.5 Å². The number of pyridine rings is 1. The van der Waals surface area contributed by atoms with Gasteiger partial charge < -0.3 is 4.98 Å². The van der Waals surface area contributed by atoms with Crippen molar-refractivity contribution >= 4 is 0 Å². The number of rotatable bonds is 4. The first-order valence-corrected chi connectivity index (χ1v) is 4.98. The van der Waals surface area contributed by atoms with E-state index in [2.05, 4.69) is 18.8 Å². The van der Waals surface area contributed by atoms with Crippen molar-refractivity contribution in [1.29, 1.82) is 0 Å². The summed E-state index contributed by atoms with van der Waals surface area (Å²) >= 11 is 0. The summed E-state index contributed by atoms with van der Waals surface area (Å²) in [5.74, 6) is 0. The van der Waals surface area contributed by atoms with Gasteiger partial charge in [0.05, 0.1) is 0 Å². The monoisotopic (exact) mass is 179 g/mol. The lowest BCUT2D eigenvalue weighted by Crippen LogP contribution is -2.14. The Balaban J connectivity index is 2.97. The second-order valence-corrected chi connectivity index (χ2v) is 3.33. The third kappa shape index (κ3) is 2.44. The zero-order chi connectivity index (χ0) is 9.68. The van der Waals surface area contributed by atoms with Crippen LogP contribution in [-0.2, 0) is 12.8 Å². The number of aromatic nitrogens is 1. The third-order valence-corrected chi connectivity index (χ3v) is 2.14. The maximum Gasteiger partial charge on any atom is 0.187 e. The van der Waals surface area contributed by atoms with E-state index in [4.69, 9.17) is 0 Å². The van der Waals surface area contributed by atoms with E-state index in [1.807, 2.05) is 12.4 Å². The van der Waals surface area contributed by atoms with Crippen molar-refractivity contribution in [1.82, 2.24) is 4.98 Å². The van der Waals surface area contributed by atoms with Crippen LogP contribution in [0.25, 0.3) is 0 Å². The lowest BCUT2D eigenvalue weighted by Gasteiger charge is -2.01. The van der Waals surface area contributed by atoms with Crippen molar-refractivity contribution in [2.45, 2.75) is 39.5 Å². The van der Waals surface area contributed by atoms with E-state index in [1.165, 1.54) is 0 Å². The fraction of sp³-hybridized carbons (Fsp3) is 0.545.